The normalized spacial score (nSPS) is 13.4. The van der Waals surface area contributed by atoms with Crippen molar-refractivity contribution in [3.05, 3.63) is 35.1 Å². The first-order chi connectivity index (χ1) is 9.60. The Morgan fingerprint density at radius 1 is 1.38 bits per heavy atom. The zero-order valence-corrected chi connectivity index (χ0v) is 13.1. The third-order valence-electron chi connectivity index (χ3n) is 2.88. The summed E-state index contributed by atoms with van der Waals surface area (Å²) in [5.41, 5.74) is 0.701. The average Bonchev–Trinajstić information content (AvgIpc) is 2.31. The van der Waals surface area contributed by atoms with E-state index in [1.165, 1.54) is 12.1 Å². The molecule has 0 saturated heterocycles. The Bertz CT molecular complexity index is 613. The number of carbonyl (C=O) groups is 1. The SMILES string of the molecule is Cc1ccc(CS(=O)(=O)N[C@@H](CC(C)C)C(=O)O)c(F)c1. The lowest BCUT2D eigenvalue weighted by Crippen LogP contribution is -2.42. The Morgan fingerprint density at radius 3 is 2.48 bits per heavy atom. The van der Waals surface area contributed by atoms with Crippen LogP contribution in [-0.4, -0.2) is 25.5 Å². The van der Waals surface area contributed by atoms with Crippen LogP contribution in [-0.2, 0) is 20.6 Å². The number of benzene rings is 1. The van der Waals surface area contributed by atoms with Crippen LogP contribution in [0.15, 0.2) is 18.2 Å². The van der Waals surface area contributed by atoms with Crippen LogP contribution in [0.2, 0.25) is 0 Å². The van der Waals surface area contributed by atoms with Crippen molar-refractivity contribution in [1.82, 2.24) is 4.72 Å². The number of rotatable bonds is 7. The second-order valence-corrected chi connectivity index (χ2v) is 7.25. The van der Waals surface area contributed by atoms with E-state index in [1.807, 2.05) is 0 Å². The van der Waals surface area contributed by atoms with Crippen LogP contribution in [0, 0.1) is 18.7 Å². The highest BCUT2D eigenvalue weighted by Crippen LogP contribution is 2.14. The summed E-state index contributed by atoms with van der Waals surface area (Å²) in [6, 6.07) is 3.04. The summed E-state index contributed by atoms with van der Waals surface area (Å²) in [5, 5.41) is 9.04. The van der Waals surface area contributed by atoms with Gasteiger partial charge in [-0.25, -0.2) is 17.5 Å². The first kappa shape index (κ1) is 17.6. The molecule has 5 nitrogen and oxygen atoms in total. The lowest BCUT2D eigenvalue weighted by atomic mass is 10.1. The van der Waals surface area contributed by atoms with Gasteiger partial charge in [-0.05, 0) is 30.9 Å². The van der Waals surface area contributed by atoms with E-state index in [4.69, 9.17) is 5.11 Å². The van der Waals surface area contributed by atoms with Crippen molar-refractivity contribution >= 4 is 16.0 Å². The smallest absolute Gasteiger partial charge is 0.321 e. The van der Waals surface area contributed by atoms with E-state index in [9.17, 15) is 17.6 Å². The predicted octanol–water partition coefficient (Wildman–Crippen LogP) is 2.05. The van der Waals surface area contributed by atoms with Gasteiger partial charge in [0, 0.05) is 5.56 Å². The minimum Gasteiger partial charge on any atom is -0.480 e. The fourth-order valence-corrected chi connectivity index (χ4v) is 3.26. The van der Waals surface area contributed by atoms with Gasteiger partial charge in [0.1, 0.15) is 11.9 Å². The van der Waals surface area contributed by atoms with E-state index >= 15 is 0 Å². The van der Waals surface area contributed by atoms with Gasteiger partial charge in [0.05, 0.1) is 5.75 Å². The Hall–Kier alpha value is -1.47. The summed E-state index contributed by atoms with van der Waals surface area (Å²) in [4.78, 5) is 11.1. The maximum absolute atomic E-state index is 13.7. The average molecular weight is 317 g/mol. The maximum Gasteiger partial charge on any atom is 0.321 e. The summed E-state index contributed by atoms with van der Waals surface area (Å²) in [6.07, 6.45) is 0.172. The molecule has 1 atom stereocenters. The number of carboxylic acid groups (broad SMARTS) is 1. The van der Waals surface area contributed by atoms with E-state index in [0.717, 1.165) is 0 Å². The minimum atomic E-state index is -3.93. The van der Waals surface area contributed by atoms with E-state index in [-0.39, 0.29) is 17.9 Å². The molecule has 118 valence electrons. The van der Waals surface area contributed by atoms with Crippen LogP contribution >= 0.6 is 0 Å². The van der Waals surface area contributed by atoms with E-state index in [2.05, 4.69) is 4.72 Å². The molecule has 0 aromatic heterocycles. The number of hydrogen-bond acceptors (Lipinski definition) is 3. The maximum atomic E-state index is 13.7. The Kier molecular flexibility index (Phi) is 5.86. The third kappa shape index (κ3) is 5.81. The largest absolute Gasteiger partial charge is 0.480 e. The Labute approximate surface area is 124 Å². The fraction of sp³-hybridized carbons (Fsp3) is 0.500. The summed E-state index contributed by atoms with van der Waals surface area (Å²) in [6.45, 7) is 5.29. The summed E-state index contributed by atoms with van der Waals surface area (Å²) >= 11 is 0. The lowest BCUT2D eigenvalue weighted by molar-refractivity contribution is -0.139. The molecule has 0 aliphatic heterocycles. The van der Waals surface area contributed by atoms with Crippen LogP contribution in [0.3, 0.4) is 0 Å². The number of carboxylic acids is 1. The van der Waals surface area contributed by atoms with E-state index in [0.29, 0.717) is 5.56 Å². The van der Waals surface area contributed by atoms with Crippen LogP contribution in [0.1, 0.15) is 31.4 Å². The van der Waals surface area contributed by atoms with E-state index < -0.39 is 33.6 Å². The first-order valence-electron chi connectivity index (χ1n) is 6.58. The standard InChI is InChI=1S/C14H20FNO4S/c1-9(2)6-13(14(17)18)16-21(19,20)8-11-5-4-10(3)7-12(11)15/h4-5,7,9,13,16H,6,8H2,1-3H3,(H,17,18)/t13-/m0/s1. The van der Waals surface area contributed by atoms with Crippen molar-refractivity contribution in [3.8, 4) is 0 Å². The van der Waals surface area contributed by atoms with Gasteiger partial charge in [-0.2, -0.15) is 0 Å². The molecule has 0 fully saturated rings. The van der Waals surface area contributed by atoms with Crippen molar-refractivity contribution in [1.29, 1.82) is 0 Å². The topological polar surface area (TPSA) is 83.5 Å². The molecule has 0 heterocycles. The minimum absolute atomic E-state index is 0.0155. The van der Waals surface area contributed by atoms with Gasteiger partial charge in [-0.15, -0.1) is 0 Å². The monoisotopic (exact) mass is 317 g/mol. The molecule has 0 aliphatic rings. The second-order valence-electron chi connectivity index (χ2n) is 5.49. The highest BCUT2D eigenvalue weighted by molar-refractivity contribution is 7.88. The molecule has 0 aliphatic carbocycles. The predicted molar refractivity (Wildman–Crippen MR) is 77.8 cm³/mol. The number of hydrogen-bond donors (Lipinski definition) is 2. The van der Waals surface area contributed by atoms with Crippen LogP contribution in [0.4, 0.5) is 4.39 Å². The van der Waals surface area contributed by atoms with Gasteiger partial charge >= 0.3 is 5.97 Å². The summed E-state index contributed by atoms with van der Waals surface area (Å²) in [5.74, 6) is -2.42. The number of aryl methyl sites for hydroxylation is 1. The number of aliphatic carboxylic acids is 1. The van der Waals surface area contributed by atoms with Crippen LogP contribution in [0.5, 0.6) is 0 Å². The second kappa shape index (κ2) is 7.00. The molecule has 7 heteroatoms. The first-order valence-corrected chi connectivity index (χ1v) is 8.24. The zero-order valence-electron chi connectivity index (χ0n) is 12.3. The van der Waals surface area contributed by atoms with Gasteiger partial charge in [0.25, 0.3) is 0 Å². The van der Waals surface area contributed by atoms with Gasteiger partial charge in [-0.1, -0.05) is 26.0 Å². The fourth-order valence-electron chi connectivity index (χ4n) is 1.90. The quantitative estimate of drug-likeness (QED) is 0.806. The molecule has 21 heavy (non-hydrogen) atoms. The van der Waals surface area contributed by atoms with Gasteiger partial charge < -0.3 is 5.11 Å². The third-order valence-corrected chi connectivity index (χ3v) is 4.22. The molecule has 0 bridgehead atoms. The molecular weight excluding hydrogens is 297 g/mol. The van der Waals surface area contributed by atoms with Crippen molar-refractivity contribution in [2.24, 2.45) is 5.92 Å². The lowest BCUT2D eigenvalue weighted by Gasteiger charge is -2.16. The molecule has 1 rings (SSSR count). The highest BCUT2D eigenvalue weighted by atomic mass is 32.2. The summed E-state index contributed by atoms with van der Waals surface area (Å²) < 4.78 is 39.8. The Morgan fingerprint density at radius 2 is 2.00 bits per heavy atom. The number of nitrogens with one attached hydrogen (secondary N) is 1. The van der Waals surface area contributed by atoms with Crippen LogP contribution < -0.4 is 4.72 Å². The van der Waals surface area contributed by atoms with Crippen molar-refractivity contribution < 1.29 is 22.7 Å². The molecule has 0 spiro atoms. The number of sulfonamides is 1. The highest BCUT2D eigenvalue weighted by Gasteiger charge is 2.25. The van der Waals surface area contributed by atoms with Gasteiger partial charge in [-0.3, -0.25) is 4.79 Å². The number of halogens is 1. The molecule has 0 saturated carbocycles. The molecule has 0 unspecified atom stereocenters. The summed E-state index contributed by atoms with van der Waals surface area (Å²) in [7, 11) is -3.93. The molecular formula is C14H20FNO4S. The molecule has 1 aromatic rings. The molecule has 2 N–H and O–H groups in total. The molecule has 1 aromatic carbocycles. The molecule has 0 amide bonds. The van der Waals surface area contributed by atoms with Crippen molar-refractivity contribution in [2.45, 2.75) is 39.0 Å². The van der Waals surface area contributed by atoms with Gasteiger partial charge in [0.2, 0.25) is 10.0 Å². The van der Waals surface area contributed by atoms with Crippen LogP contribution in [0.25, 0.3) is 0 Å². The van der Waals surface area contributed by atoms with Crippen molar-refractivity contribution in [3.63, 3.8) is 0 Å². The van der Waals surface area contributed by atoms with Crippen molar-refractivity contribution in [2.75, 3.05) is 0 Å². The van der Waals surface area contributed by atoms with E-state index in [1.54, 1.807) is 26.8 Å². The zero-order chi connectivity index (χ0) is 16.2. The van der Waals surface area contributed by atoms with Gasteiger partial charge in [0.15, 0.2) is 0 Å². The Balaban J connectivity index is 2.87. The molecule has 0 radical (unpaired) electrons.